The number of nitrogens with one attached hydrogen (secondary N) is 2. The predicted octanol–water partition coefficient (Wildman–Crippen LogP) is 1.70. The van der Waals surface area contributed by atoms with E-state index in [0.29, 0.717) is 25.6 Å². The lowest BCUT2D eigenvalue weighted by Gasteiger charge is -2.27. The van der Waals surface area contributed by atoms with E-state index in [2.05, 4.69) is 25.5 Å². The third-order valence-corrected chi connectivity index (χ3v) is 4.11. The number of amides is 2. The minimum absolute atomic E-state index is 0.278. The monoisotopic (exact) mass is 319 g/mol. The van der Waals surface area contributed by atoms with Crippen molar-refractivity contribution in [1.29, 1.82) is 0 Å². The Kier molecular flexibility index (Phi) is 4.81. The van der Waals surface area contributed by atoms with Crippen LogP contribution in [-0.2, 0) is 11.3 Å². The number of rotatable bonds is 4. The summed E-state index contributed by atoms with van der Waals surface area (Å²) in [6.07, 6.45) is 1.46. The fourth-order valence-corrected chi connectivity index (χ4v) is 2.77. The average Bonchev–Trinajstić information content (AvgIpc) is 3.08. The lowest BCUT2D eigenvalue weighted by molar-refractivity contribution is 0.122. The molecule has 7 nitrogen and oxygen atoms in total. The van der Waals surface area contributed by atoms with Crippen LogP contribution in [0.4, 0.5) is 16.4 Å². The minimum atomic E-state index is -0.278. The summed E-state index contributed by atoms with van der Waals surface area (Å²) >= 11 is 1.61. The molecule has 0 saturated carbocycles. The smallest absolute Gasteiger partial charge is 0.320 e. The molecule has 0 bridgehead atoms. The highest BCUT2D eigenvalue weighted by Gasteiger charge is 2.13. The fraction of sp³-hybridized carbons (Fsp3) is 0.357. The van der Waals surface area contributed by atoms with Crippen LogP contribution in [0.15, 0.2) is 29.9 Å². The summed E-state index contributed by atoms with van der Waals surface area (Å²) in [5.74, 6) is 1.28. The van der Waals surface area contributed by atoms with Crippen LogP contribution in [-0.4, -0.2) is 42.3 Å². The van der Waals surface area contributed by atoms with Crippen LogP contribution < -0.4 is 15.5 Å². The van der Waals surface area contributed by atoms with Crippen LogP contribution in [0.25, 0.3) is 0 Å². The minimum Gasteiger partial charge on any atom is -0.378 e. The van der Waals surface area contributed by atoms with Gasteiger partial charge >= 0.3 is 6.03 Å². The Labute approximate surface area is 132 Å². The second kappa shape index (κ2) is 7.19. The number of hydrogen-bond donors (Lipinski definition) is 2. The van der Waals surface area contributed by atoms with Crippen LogP contribution in [0.3, 0.4) is 0 Å². The third-order valence-electron chi connectivity index (χ3n) is 3.23. The molecule has 1 fully saturated rings. The van der Waals surface area contributed by atoms with E-state index in [4.69, 9.17) is 4.74 Å². The van der Waals surface area contributed by atoms with Gasteiger partial charge in [-0.2, -0.15) is 0 Å². The number of morpholine rings is 1. The Balaban J connectivity index is 1.56. The number of carbonyl (C=O) groups is 1. The summed E-state index contributed by atoms with van der Waals surface area (Å²) in [6.45, 7) is 3.47. The largest absolute Gasteiger partial charge is 0.378 e. The number of hydrogen-bond acceptors (Lipinski definition) is 6. The van der Waals surface area contributed by atoms with E-state index >= 15 is 0 Å². The first kappa shape index (κ1) is 14.7. The second-order valence-electron chi connectivity index (χ2n) is 4.75. The molecule has 22 heavy (non-hydrogen) atoms. The van der Waals surface area contributed by atoms with Crippen LogP contribution in [0.1, 0.15) is 4.88 Å². The van der Waals surface area contributed by atoms with Gasteiger partial charge < -0.3 is 15.0 Å². The Hall–Kier alpha value is -2.19. The standard InChI is InChI=1S/C14H17N5O2S/c20-14(15-9-11-2-1-7-22-11)18-12-8-13(17-10-16-12)19-3-5-21-6-4-19/h1-2,7-8,10H,3-6,9H2,(H2,15,16,17,18,20). The van der Waals surface area contributed by atoms with Gasteiger partial charge in [0, 0.05) is 24.0 Å². The zero-order valence-corrected chi connectivity index (χ0v) is 12.8. The molecule has 1 aliphatic heterocycles. The van der Waals surface area contributed by atoms with Crippen molar-refractivity contribution in [3.05, 3.63) is 34.8 Å². The van der Waals surface area contributed by atoms with Gasteiger partial charge in [-0.3, -0.25) is 5.32 Å². The third kappa shape index (κ3) is 3.92. The molecule has 1 saturated heterocycles. The number of anilines is 2. The van der Waals surface area contributed by atoms with Gasteiger partial charge in [0.25, 0.3) is 0 Å². The van der Waals surface area contributed by atoms with E-state index in [9.17, 15) is 4.79 Å². The molecule has 0 unspecified atom stereocenters. The lowest BCUT2D eigenvalue weighted by Crippen LogP contribution is -2.37. The lowest BCUT2D eigenvalue weighted by atomic mass is 10.4. The molecule has 2 aromatic heterocycles. The maximum Gasteiger partial charge on any atom is 0.320 e. The molecule has 0 aliphatic carbocycles. The Morgan fingerprint density at radius 1 is 1.36 bits per heavy atom. The van der Waals surface area contributed by atoms with Crippen LogP contribution in [0, 0.1) is 0 Å². The van der Waals surface area contributed by atoms with Gasteiger partial charge in [0.05, 0.1) is 19.8 Å². The summed E-state index contributed by atoms with van der Waals surface area (Å²) in [6, 6.07) is 5.43. The number of aromatic nitrogens is 2. The van der Waals surface area contributed by atoms with Crippen molar-refractivity contribution in [3.63, 3.8) is 0 Å². The molecule has 0 aromatic carbocycles. The molecule has 0 radical (unpaired) electrons. The number of ether oxygens (including phenoxy) is 1. The van der Waals surface area contributed by atoms with Crippen molar-refractivity contribution in [2.24, 2.45) is 0 Å². The maximum atomic E-state index is 11.9. The first-order chi connectivity index (χ1) is 10.8. The molecule has 116 valence electrons. The van der Waals surface area contributed by atoms with Crippen LogP contribution in [0.2, 0.25) is 0 Å². The molecule has 2 amide bonds. The quantitative estimate of drug-likeness (QED) is 0.896. The highest BCUT2D eigenvalue weighted by Crippen LogP contribution is 2.15. The number of nitrogens with zero attached hydrogens (tertiary/aromatic N) is 3. The van der Waals surface area contributed by atoms with E-state index in [-0.39, 0.29) is 6.03 Å². The van der Waals surface area contributed by atoms with Gasteiger partial charge in [0.2, 0.25) is 0 Å². The molecule has 3 rings (SSSR count). The van der Waals surface area contributed by atoms with Crippen molar-refractivity contribution >= 4 is 29.0 Å². The Bertz CT molecular complexity index is 613. The van der Waals surface area contributed by atoms with Gasteiger partial charge in [0.1, 0.15) is 18.0 Å². The van der Waals surface area contributed by atoms with Gasteiger partial charge in [-0.05, 0) is 11.4 Å². The summed E-state index contributed by atoms with van der Waals surface area (Å²) in [7, 11) is 0. The van der Waals surface area contributed by atoms with E-state index in [1.54, 1.807) is 17.4 Å². The number of carbonyl (C=O) groups excluding carboxylic acids is 1. The van der Waals surface area contributed by atoms with Crippen molar-refractivity contribution in [3.8, 4) is 0 Å². The molecule has 2 N–H and O–H groups in total. The molecular weight excluding hydrogens is 302 g/mol. The zero-order chi connectivity index (χ0) is 15.2. The van der Waals surface area contributed by atoms with Gasteiger partial charge in [-0.15, -0.1) is 11.3 Å². The topological polar surface area (TPSA) is 79.4 Å². The maximum absolute atomic E-state index is 11.9. The SMILES string of the molecule is O=C(NCc1cccs1)Nc1cc(N2CCOCC2)ncn1. The van der Waals surface area contributed by atoms with E-state index in [1.165, 1.54) is 6.33 Å². The first-order valence-corrected chi connectivity index (χ1v) is 7.91. The molecule has 3 heterocycles. The first-order valence-electron chi connectivity index (χ1n) is 7.03. The second-order valence-corrected chi connectivity index (χ2v) is 5.78. The van der Waals surface area contributed by atoms with Gasteiger partial charge in [0.15, 0.2) is 0 Å². The van der Waals surface area contributed by atoms with Crippen molar-refractivity contribution in [1.82, 2.24) is 15.3 Å². The predicted molar refractivity (Wildman–Crippen MR) is 85.2 cm³/mol. The van der Waals surface area contributed by atoms with E-state index in [1.807, 2.05) is 17.5 Å². The molecule has 1 aliphatic rings. The Morgan fingerprint density at radius 3 is 3.00 bits per heavy atom. The van der Waals surface area contributed by atoms with Gasteiger partial charge in [-0.25, -0.2) is 14.8 Å². The van der Waals surface area contributed by atoms with Crippen molar-refractivity contribution < 1.29 is 9.53 Å². The molecule has 2 aromatic rings. The molecule has 0 spiro atoms. The van der Waals surface area contributed by atoms with Crippen LogP contribution in [0.5, 0.6) is 0 Å². The summed E-state index contributed by atoms with van der Waals surface area (Å²) in [5.41, 5.74) is 0. The van der Waals surface area contributed by atoms with Crippen molar-refractivity contribution in [2.75, 3.05) is 36.5 Å². The fourth-order valence-electron chi connectivity index (χ4n) is 2.12. The summed E-state index contributed by atoms with van der Waals surface area (Å²) in [4.78, 5) is 23.4. The van der Waals surface area contributed by atoms with Gasteiger partial charge in [-0.1, -0.05) is 6.07 Å². The summed E-state index contributed by atoms with van der Waals surface area (Å²) in [5, 5.41) is 7.51. The zero-order valence-electron chi connectivity index (χ0n) is 12.0. The highest BCUT2D eigenvalue weighted by molar-refractivity contribution is 7.09. The molecular formula is C14H17N5O2S. The molecule has 8 heteroatoms. The normalized spacial score (nSPS) is 14.6. The van der Waals surface area contributed by atoms with E-state index in [0.717, 1.165) is 23.8 Å². The summed E-state index contributed by atoms with van der Waals surface area (Å²) < 4.78 is 5.32. The Morgan fingerprint density at radius 2 is 2.23 bits per heavy atom. The average molecular weight is 319 g/mol. The molecule has 0 atom stereocenters. The highest BCUT2D eigenvalue weighted by atomic mass is 32.1. The van der Waals surface area contributed by atoms with Crippen molar-refractivity contribution in [2.45, 2.75) is 6.54 Å². The number of thiophene rings is 1. The van der Waals surface area contributed by atoms with E-state index < -0.39 is 0 Å². The van der Waals surface area contributed by atoms with Crippen LogP contribution >= 0.6 is 11.3 Å². The number of urea groups is 1.